The van der Waals surface area contributed by atoms with Crippen molar-refractivity contribution in [3.05, 3.63) is 35.9 Å². The molecule has 1 rings (SSSR count). The number of rotatable bonds is 19. The van der Waals surface area contributed by atoms with Crippen LogP contribution in [0.2, 0.25) is 0 Å². The van der Waals surface area contributed by atoms with Gasteiger partial charge in [-0.3, -0.25) is 33.6 Å². The topological polar surface area (TPSA) is 295 Å². The molecule has 0 aromatic heterocycles. The van der Waals surface area contributed by atoms with E-state index in [0.29, 0.717) is 5.56 Å². The molecule has 254 valence electrons. The maximum Gasteiger partial charge on any atom is 0.326 e. The lowest BCUT2D eigenvalue weighted by atomic mass is 10.0. The van der Waals surface area contributed by atoms with E-state index in [0.717, 1.165) is 0 Å². The highest BCUT2D eigenvalue weighted by Crippen LogP contribution is 2.08. The number of carboxylic acids is 1. The van der Waals surface area contributed by atoms with Gasteiger partial charge in [-0.25, -0.2) is 4.79 Å². The predicted octanol–water partition coefficient (Wildman–Crippen LogP) is -3.10. The molecule has 1 aromatic carbocycles. The lowest BCUT2D eigenvalue weighted by Gasteiger charge is -2.25. The molecular weight excluding hydrogens is 604 g/mol. The second-order valence-corrected chi connectivity index (χ2v) is 11.2. The number of nitrogens with one attached hydrogen (secondary N) is 5. The highest BCUT2D eigenvalue weighted by molar-refractivity contribution is 5.97. The fourth-order valence-corrected chi connectivity index (χ4v) is 4.10. The quantitative estimate of drug-likeness (QED) is 0.0728. The highest BCUT2D eigenvalue weighted by Gasteiger charge is 2.31. The van der Waals surface area contributed by atoms with Crippen LogP contribution in [0.4, 0.5) is 0 Å². The van der Waals surface area contributed by atoms with E-state index < -0.39 is 96.4 Å². The molecule has 0 heterocycles. The van der Waals surface area contributed by atoms with Crippen molar-refractivity contribution >= 4 is 47.3 Å². The van der Waals surface area contributed by atoms with Crippen LogP contribution >= 0.6 is 0 Å². The molecule has 46 heavy (non-hydrogen) atoms. The third kappa shape index (κ3) is 14.1. The number of primary amides is 2. The van der Waals surface area contributed by atoms with Crippen LogP contribution in [-0.2, 0) is 44.8 Å². The van der Waals surface area contributed by atoms with Gasteiger partial charge in [0.15, 0.2) is 0 Å². The van der Waals surface area contributed by atoms with Crippen LogP contribution in [0.1, 0.15) is 52.5 Å². The first-order valence-corrected chi connectivity index (χ1v) is 14.5. The number of nitrogens with two attached hydrogens (primary N) is 3. The summed E-state index contributed by atoms with van der Waals surface area (Å²) in [4.78, 5) is 98.3. The fraction of sp³-hybridized carbons (Fsp3) is 0.517. The largest absolute Gasteiger partial charge is 0.480 e. The van der Waals surface area contributed by atoms with Crippen molar-refractivity contribution in [2.24, 2.45) is 23.1 Å². The Bertz CT molecular complexity index is 1270. The second kappa shape index (κ2) is 18.7. The molecule has 17 heteroatoms. The third-order valence-corrected chi connectivity index (χ3v) is 6.54. The Hall–Kier alpha value is -5.06. The van der Waals surface area contributed by atoms with Crippen molar-refractivity contribution in [3.8, 4) is 0 Å². The van der Waals surface area contributed by atoms with Crippen LogP contribution in [-0.4, -0.2) is 88.7 Å². The summed E-state index contributed by atoms with van der Waals surface area (Å²) in [5.41, 5.74) is 16.4. The molecule has 12 N–H and O–H groups in total. The van der Waals surface area contributed by atoms with Gasteiger partial charge in [0, 0.05) is 6.42 Å². The van der Waals surface area contributed by atoms with E-state index in [-0.39, 0.29) is 18.8 Å². The van der Waals surface area contributed by atoms with Crippen LogP contribution in [0.15, 0.2) is 30.3 Å². The van der Waals surface area contributed by atoms with Crippen molar-refractivity contribution in [2.45, 2.75) is 89.6 Å². The van der Waals surface area contributed by atoms with Gasteiger partial charge in [0.25, 0.3) is 0 Å². The van der Waals surface area contributed by atoms with Gasteiger partial charge in [0.05, 0.1) is 18.9 Å². The minimum atomic E-state index is -1.54. The van der Waals surface area contributed by atoms with Crippen LogP contribution in [0.25, 0.3) is 0 Å². The smallest absolute Gasteiger partial charge is 0.326 e. The summed E-state index contributed by atoms with van der Waals surface area (Å²) in [6.45, 7) is 6.20. The number of carboxylic acid groups (broad SMARTS) is 1. The summed E-state index contributed by atoms with van der Waals surface area (Å²) in [6, 6.07) is 0.847. The monoisotopic (exact) mass is 648 g/mol. The van der Waals surface area contributed by atoms with Gasteiger partial charge in [-0.2, -0.15) is 0 Å². The van der Waals surface area contributed by atoms with Gasteiger partial charge >= 0.3 is 5.97 Å². The number of carbonyl (C=O) groups is 8. The summed E-state index contributed by atoms with van der Waals surface area (Å²) < 4.78 is 0. The molecule has 17 nitrogen and oxygen atoms in total. The minimum Gasteiger partial charge on any atom is -0.480 e. The van der Waals surface area contributed by atoms with Gasteiger partial charge < -0.3 is 48.9 Å². The average molecular weight is 649 g/mol. The molecule has 6 atom stereocenters. The number of aliphatic carboxylic acids is 1. The van der Waals surface area contributed by atoms with Gasteiger partial charge in [-0.1, -0.05) is 44.2 Å². The molecular formula is C29H44N8O9. The fourth-order valence-electron chi connectivity index (χ4n) is 4.10. The molecule has 1 aromatic rings. The minimum absolute atomic E-state index is 0.0234. The SMILES string of the molecule is CC(C)C[C@H](NC(=O)[C@H](Cc1ccccc1)NC(=O)[C@H](C)NC(=O)[C@H](C)NC(=O)[C@H](CC(N)=O)NC(=O)[C@@H](N)CC(N)=O)C(=O)O. The van der Waals surface area contributed by atoms with Crippen LogP contribution in [0.3, 0.4) is 0 Å². The van der Waals surface area contributed by atoms with Crippen LogP contribution in [0.5, 0.6) is 0 Å². The highest BCUT2D eigenvalue weighted by atomic mass is 16.4. The van der Waals surface area contributed by atoms with Gasteiger partial charge in [0.1, 0.15) is 30.2 Å². The van der Waals surface area contributed by atoms with Crippen molar-refractivity contribution in [3.63, 3.8) is 0 Å². The Kier molecular flexibility index (Phi) is 15.8. The molecule has 0 bridgehead atoms. The maximum absolute atomic E-state index is 13.1. The van der Waals surface area contributed by atoms with E-state index in [4.69, 9.17) is 17.2 Å². The number of carbonyl (C=O) groups excluding carboxylic acids is 7. The molecule has 0 aliphatic carbocycles. The van der Waals surface area contributed by atoms with Crippen molar-refractivity contribution in [2.75, 3.05) is 0 Å². The summed E-state index contributed by atoms with van der Waals surface area (Å²) in [5.74, 6) is -7.38. The summed E-state index contributed by atoms with van der Waals surface area (Å²) in [7, 11) is 0. The number of benzene rings is 1. The number of amides is 7. The first-order chi connectivity index (χ1) is 21.4. The van der Waals surface area contributed by atoms with Crippen LogP contribution < -0.4 is 43.8 Å². The summed E-state index contributed by atoms with van der Waals surface area (Å²) in [6.07, 6.45) is -0.997. The molecule has 0 aliphatic rings. The van der Waals surface area contributed by atoms with Gasteiger partial charge in [0.2, 0.25) is 41.4 Å². The lowest BCUT2D eigenvalue weighted by molar-refractivity contribution is -0.142. The van der Waals surface area contributed by atoms with Gasteiger partial charge in [-0.05, 0) is 31.7 Å². The Morgan fingerprint density at radius 2 is 1.09 bits per heavy atom. The molecule has 0 radical (unpaired) electrons. The molecule has 0 saturated carbocycles. The molecule has 0 spiro atoms. The Morgan fingerprint density at radius 1 is 0.630 bits per heavy atom. The maximum atomic E-state index is 13.1. The van der Waals surface area contributed by atoms with E-state index in [1.54, 1.807) is 44.2 Å². The second-order valence-electron chi connectivity index (χ2n) is 11.2. The first-order valence-electron chi connectivity index (χ1n) is 14.5. The van der Waals surface area contributed by atoms with E-state index in [2.05, 4.69) is 26.6 Å². The molecule has 7 amide bonds. The number of hydrogen-bond acceptors (Lipinski definition) is 9. The summed E-state index contributed by atoms with van der Waals surface area (Å²) >= 11 is 0. The Morgan fingerprint density at radius 3 is 1.59 bits per heavy atom. The normalized spacial score (nSPS) is 14.7. The van der Waals surface area contributed by atoms with Crippen LogP contribution in [0, 0.1) is 5.92 Å². The third-order valence-electron chi connectivity index (χ3n) is 6.54. The molecule has 0 saturated heterocycles. The summed E-state index contributed by atoms with van der Waals surface area (Å²) in [5, 5.41) is 21.4. The van der Waals surface area contributed by atoms with E-state index in [1.807, 2.05) is 0 Å². The molecule has 0 fully saturated rings. The van der Waals surface area contributed by atoms with E-state index >= 15 is 0 Å². The predicted molar refractivity (Wildman–Crippen MR) is 164 cm³/mol. The van der Waals surface area contributed by atoms with E-state index in [9.17, 15) is 43.5 Å². The zero-order valence-corrected chi connectivity index (χ0v) is 26.2. The van der Waals surface area contributed by atoms with Gasteiger partial charge in [-0.15, -0.1) is 0 Å². The zero-order chi connectivity index (χ0) is 35.1. The Balaban J connectivity index is 2.95. The molecule has 0 aliphatic heterocycles. The zero-order valence-electron chi connectivity index (χ0n) is 26.2. The van der Waals surface area contributed by atoms with Crippen molar-refractivity contribution < 1.29 is 43.5 Å². The molecule has 0 unspecified atom stereocenters. The Labute approximate surface area is 266 Å². The number of hydrogen-bond donors (Lipinski definition) is 9. The van der Waals surface area contributed by atoms with Crippen molar-refractivity contribution in [1.29, 1.82) is 0 Å². The standard InChI is InChI=1S/C29H44N8O9/c1-14(2)10-21(29(45)46)37-28(44)19(11-17-8-6-5-7-9-17)35-25(41)16(4)33-24(40)15(3)34-27(43)20(13-23(32)39)36-26(42)18(30)12-22(31)38/h5-9,14-16,18-21H,10-13,30H2,1-4H3,(H2,31,38)(H2,32,39)(H,33,40)(H,34,43)(H,35,41)(H,36,42)(H,37,44)(H,45,46)/t15-,16-,18-,19-,20-,21-/m0/s1. The van der Waals surface area contributed by atoms with E-state index in [1.165, 1.54) is 13.8 Å². The first kappa shape index (κ1) is 39.0. The lowest BCUT2D eigenvalue weighted by Crippen LogP contribution is -2.58. The average Bonchev–Trinajstić information content (AvgIpc) is 2.95. The van der Waals surface area contributed by atoms with Crippen molar-refractivity contribution in [1.82, 2.24) is 26.6 Å².